The van der Waals surface area contributed by atoms with E-state index in [0.29, 0.717) is 36.7 Å². The highest BCUT2D eigenvalue weighted by molar-refractivity contribution is 14.0. The number of carbonyl (C=O) groups is 1. The SMILES string of the molecule is CCNC(=NCc1cc(F)ccc1CS(C)(=O)=O)NCCNC(C)=O.I. The topological polar surface area (TPSA) is 99.7 Å². The van der Waals surface area contributed by atoms with Crippen molar-refractivity contribution in [3.63, 3.8) is 0 Å². The lowest BCUT2D eigenvalue weighted by molar-refractivity contribution is -0.118. The largest absolute Gasteiger partial charge is 0.357 e. The van der Waals surface area contributed by atoms with E-state index in [0.717, 1.165) is 6.26 Å². The van der Waals surface area contributed by atoms with Gasteiger partial charge in [-0.25, -0.2) is 17.8 Å². The number of nitrogens with one attached hydrogen (secondary N) is 3. The molecule has 3 N–H and O–H groups in total. The summed E-state index contributed by atoms with van der Waals surface area (Å²) in [7, 11) is -3.23. The van der Waals surface area contributed by atoms with Crippen LogP contribution in [0.3, 0.4) is 0 Å². The zero-order valence-electron chi connectivity index (χ0n) is 15.1. The van der Waals surface area contributed by atoms with E-state index < -0.39 is 15.7 Å². The highest BCUT2D eigenvalue weighted by Gasteiger charge is 2.10. The summed E-state index contributed by atoms with van der Waals surface area (Å²) in [6.07, 6.45) is 1.14. The molecule has 0 aliphatic rings. The molecule has 0 aromatic heterocycles. The molecule has 10 heteroatoms. The summed E-state index contributed by atoms with van der Waals surface area (Å²) < 4.78 is 36.5. The van der Waals surface area contributed by atoms with Crippen LogP contribution >= 0.6 is 24.0 Å². The van der Waals surface area contributed by atoms with Crippen molar-refractivity contribution < 1.29 is 17.6 Å². The number of hydrogen-bond donors (Lipinski definition) is 3. The van der Waals surface area contributed by atoms with Gasteiger partial charge in [-0.05, 0) is 30.2 Å². The predicted octanol–water partition coefficient (Wildman–Crippen LogP) is 1.18. The second-order valence-electron chi connectivity index (χ2n) is 5.59. The number of benzene rings is 1. The molecule has 0 bridgehead atoms. The van der Waals surface area contributed by atoms with Gasteiger partial charge in [-0.2, -0.15) is 0 Å². The molecule has 26 heavy (non-hydrogen) atoms. The Morgan fingerprint density at radius 1 is 1.15 bits per heavy atom. The second-order valence-corrected chi connectivity index (χ2v) is 7.73. The van der Waals surface area contributed by atoms with Crippen LogP contribution in [0.25, 0.3) is 0 Å². The van der Waals surface area contributed by atoms with E-state index in [-0.39, 0.29) is 42.2 Å². The molecule has 1 aromatic rings. The van der Waals surface area contributed by atoms with Gasteiger partial charge >= 0.3 is 0 Å². The third-order valence-electron chi connectivity index (χ3n) is 3.13. The molecule has 0 unspecified atom stereocenters. The van der Waals surface area contributed by atoms with Crippen molar-refractivity contribution in [2.75, 3.05) is 25.9 Å². The zero-order chi connectivity index (χ0) is 18.9. The van der Waals surface area contributed by atoms with Crippen LogP contribution in [-0.2, 0) is 26.9 Å². The van der Waals surface area contributed by atoms with Crippen molar-refractivity contribution in [3.05, 3.63) is 35.1 Å². The standard InChI is InChI=1S/C16H25FN4O3S.HI/c1-4-18-16(20-8-7-19-12(2)22)21-10-14-9-15(17)6-5-13(14)11-25(3,23)24;/h5-6,9H,4,7-8,10-11H2,1-3H3,(H,19,22)(H2,18,20,21);1H. The molecule has 0 saturated carbocycles. The molecule has 0 aliphatic carbocycles. The van der Waals surface area contributed by atoms with Gasteiger partial charge in [0.1, 0.15) is 5.82 Å². The van der Waals surface area contributed by atoms with E-state index in [1.54, 1.807) is 0 Å². The maximum Gasteiger partial charge on any atom is 0.216 e. The fourth-order valence-electron chi connectivity index (χ4n) is 2.09. The molecule has 1 rings (SSSR count). The lowest BCUT2D eigenvalue weighted by atomic mass is 10.1. The average Bonchev–Trinajstić information content (AvgIpc) is 2.49. The molecule has 0 aliphatic heterocycles. The van der Waals surface area contributed by atoms with Gasteiger partial charge in [-0.3, -0.25) is 4.79 Å². The number of carbonyl (C=O) groups excluding carboxylic acids is 1. The summed E-state index contributed by atoms with van der Waals surface area (Å²) in [5, 5.41) is 8.74. The van der Waals surface area contributed by atoms with Gasteiger partial charge in [0, 0.05) is 32.8 Å². The summed E-state index contributed by atoms with van der Waals surface area (Å²) in [5.74, 6) is -0.215. The van der Waals surface area contributed by atoms with Crippen molar-refractivity contribution in [2.45, 2.75) is 26.1 Å². The monoisotopic (exact) mass is 500 g/mol. The lowest BCUT2D eigenvalue weighted by Crippen LogP contribution is -2.41. The minimum atomic E-state index is -3.23. The van der Waals surface area contributed by atoms with E-state index in [2.05, 4.69) is 20.9 Å². The minimum absolute atomic E-state index is 0. The number of aliphatic imine (C=N–C) groups is 1. The van der Waals surface area contributed by atoms with Crippen LogP contribution in [0.1, 0.15) is 25.0 Å². The van der Waals surface area contributed by atoms with Crippen molar-refractivity contribution in [2.24, 2.45) is 4.99 Å². The number of hydrogen-bond acceptors (Lipinski definition) is 4. The summed E-state index contributed by atoms with van der Waals surface area (Å²) in [6, 6.07) is 4.01. The number of amides is 1. The Hall–Kier alpha value is -1.43. The molecule has 1 amide bonds. The average molecular weight is 500 g/mol. The molecule has 148 valence electrons. The Kier molecular flexibility index (Phi) is 11.4. The summed E-state index contributed by atoms with van der Waals surface area (Å²) in [5.41, 5.74) is 1.05. The first kappa shape index (κ1) is 24.6. The van der Waals surface area contributed by atoms with Crippen molar-refractivity contribution >= 4 is 45.7 Å². The van der Waals surface area contributed by atoms with Crippen molar-refractivity contribution in [1.29, 1.82) is 0 Å². The van der Waals surface area contributed by atoms with Crippen LogP contribution in [-0.4, -0.2) is 46.2 Å². The fourth-order valence-corrected chi connectivity index (χ4v) is 2.94. The Bertz CT molecular complexity index is 726. The quantitative estimate of drug-likeness (QED) is 0.216. The molecule has 0 atom stereocenters. The van der Waals surface area contributed by atoms with Crippen LogP contribution in [0.5, 0.6) is 0 Å². The van der Waals surface area contributed by atoms with Gasteiger partial charge in [0.25, 0.3) is 0 Å². The first-order chi connectivity index (χ1) is 11.7. The zero-order valence-corrected chi connectivity index (χ0v) is 18.3. The van der Waals surface area contributed by atoms with Crippen LogP contribution in [0, 0.1) is 5.82 Å². The van der Waals surface area contributed by atoms with Crippen LogP contribution in [0.4, 0.5) is 4.39 Å². The van der Waals surface area contributed by atoms with E-state index >= 15 is 0 Å². The molecular weight excluding hydrogens is 474 g/mol. The Balaban J connectivity index is 0.00000625. The van der Waals surface area contributed by atoms with E-state index in [9.17, 15) is 17.6 Å². The van der Waals surface area contributed by atoms with Crippen LogP contribution < -0.4 is 16.0 Å². The molecule has 7 nitrogen and oxygen atoms in total. The van der Waals surface area contributed by atoms with Crippen molar-refractivity contribution in [3.8, 4) is 0 Å². The Labute approximate surface area is 171 Å². The third-order valence-corrected chi connectivity index (χ3v) is 3.96. The molecule has 0 fully saturated rings. The summed E-state index contributed by atoms with van der Waals surface area (Å²) in [6.45, 7) is 5.03. The normalized spacial score (nSPS) is 11.5. The van der Waals surface area contributed by atoms with Gasteiger partial charge < -0.3 is 16.0 Å². The molecule has 0 spiro atoms. The van der Waals surface area contributed by atoms with Crippen LogP contribution in [0.15, 0.2) is 23.2 Å². The lowest BCUT2D eigenvalue weighted by Gasteiger charge is -2.12. The van der Waals surface area contributed by atoms with Gasteiger partial charge in [0.2, 0.25) is 5.91 Å². The molecule has 1 aromatic carbocycles. The second kappa shape index (κ2) is 12.0. The number of sulfone groups is 1. The van der Waals surface area contributed by atoms with Crippen LogP contribution in [0.2, 0.25) is 0 Å². The maximum atomic E-state index is 13.5. The minimum Gasteiger partial charge on any atom is -0.357 e. The summed E-state index contributed by atoms with van der Waals surface area (Å²) in [4.78, 5) is 15.2. The van der Waals surface area contributed by atoms with E-state index in [4.69, 9.17) is 0 Å². The number of guanidine groups is 1. The Morgan fingerprint density at radius 2 is 1.81 bits per heavy atom. The smallest absolute Gasteiger partial charge is 0.216 e. The van der Waals surface area contributed by atoms with Gasteiger partial charge in [0.05, 0.1) is 12.3 Å². The number of rotatable bonds is 8. The fraction of sp³-hybridized carbons (Fsp3) is 0.500. The van der Waals surface area contributed by atoms with Gasteiger partial charge in [0.15, 0.2) is 15.8 Å². The van der Waals surface area contributed by atoms with Crippen molar-refractivity contribution in [1.82, 2.24) is 16.0 Å². The van der Waals surface area contributed by atoms with E-state index in [1.165, 1.54) is 25.1 Å². The third kappa shape index (κ3) is 10.5. The summed E-state index contributed by atoms with van der Waals surface area (Å²) >= 11 is 0. The maximum absolute atomic E-state index is 13.5. The molecular formula is C16H26FIN4O3S. The van der Waals surface area contributed by atoms with Gasteiger partial charge in [-0.15, -0.1) is 24.0 Å². The number of nitrogens with zero attached hydrogens (tertiary/aromatic N) is 1. The van der Waals surface area contributed by atoms with Gasteiger partial charge in [-0.1, -0.05) is 6.07 Å². The first-order valence-electron chi connectivity index (χ1n) is 7.93. The van der Waals surface area contributed by atoms with E-state index in [1.807, 2.05) is 6.92 Å². The first-order valence-corrected chi connectivity index (χ1v) is 9.99. The molecule has 0 radical (unpaired) electrons. The highest BCUT2D eigenvalue weighted by Crippen LogP contribution is 2.15. The predicted molar refractivity (Wildman–Crippen MR) is 112 cm³/mol. The highest BCUT2D eigenvalue weighted by atomic mass is 127. The Morgan fingerprint density at radius 3 is 2.38 bits per heavy atom. The molecule has 0 saturated heterocycles. The number of halogens is 2. The molecule has 0 heterocycles.